The molecule has 0 saturated heterocycles. The first-order valence-corrected chi connectivity index (χ1v) is 20.3. The summed E-state index contributed by atoms with van der Waals surface area (Å²) in [6, 6.07) is 16.9. The SMILES string of the molecule is CCCn1c(=O)c2nc(-c3cccc(/C=C/C(=O)OCCOCCOCCOCCOCCOCCOCCOCCOCCOC)c3)[nH]c2n(Cc2ccccc2)c1=O. The number of carbonyl (C=O) groups is 1. The van der Waals surface area contributed by atoms with E-state index in [4.69, 9.17) is 47.4 Å². The first-order chi connectivity index (χ1) is 29.5. The van der Waals surface area contributed by atoms with Gasteiger partial charge in [-0.2, -0.15) is 0 Å². The molecule has 4 rings (SSSR count). The van der Waals surface area contributed by atoms with Crippen LogP contribution in [0.15, 0.2) is 70.3 Å². The molecular weight excluding hydrogens is 780 g/mol. The Bertz CT molecular complexity index is 1930. The van der Waals surface area contributed by atoms with Gasteiger partial charge in [-0.25, -0.2) is 14.6 Å². The van der Waals surface area contributed by atoms with E-state index in [2.05, 4.69) is 9.97 Å². The number of H-pyrrole nitrogens is 1. The van der Waals surface area contributed by atoms with E-state index in [1.165, 1.54) is 10.6 Å². The minimum atomic E-state index is -0.515. The van der Waals surface area contributed by atoms with Crippen molar-refractivity contribution in [2.75, 3.05) is 126 Å². The standard InChI is InChI=1S/C43H60N4O13/c1-3-14-46-42(49)39-41(47(43(46)50)34-36-8-5-4-6-9-36)45-40(44-39)37-11-7-10-35(33-37)12-13-38(48)60-32-31-59-30-29-58-28-27-57-26-25-56-24-23-55-22-21-54-20-19-53-18-17-52-16-15-51-2/h4-13,33H,3,14-32,34H2,1-2H3,(H,44,45)/b13-12+. The lowest BCUT2D eigenvalue weighted by molar-refractivity contribution is -0.139. The van der Waals surface area contributed by atoms with Crippen LogP contribution in [0, 0.1) is 0 Å². The van der Waals surface area contributed by atoms with Crippen molar-refractivity contribution in [2.24, 2.45) is 0 Å². The molecule has 0 bridgehead atoms. The van der Waals surface area contributed by atoms with Gasteiger partial charge in [0.1, 0.15) is 18.1 Å². The van der Waals surface area contributed by atoms with E-state index in [1.54, 1.807) is 17.8 Å². The van der Waals surface area contributed by atoms with Crippen LogP contribution in [-0.2, 0) is 65.3 Å². The summed E-state index contributed by atoms with van der Waals surface area (Å²) >= 11 is 0. The second-order valence-electron chi connectivity index (χ2n) is 13.1. The van der Waals surface area contributed by atoms with Crippen molar-refractivity contribution in [2.45, 2.75) is 26.4 Å². The maximum absolute atomic E-state index is 13.4. The molecule has 2 aromatic heterocycles. The number of imidazole rings is 1. The molecule has 0 unspecified atom stereocenters. The number of benzene rings is 2. The molecule has 0 amide bonds. The molecule has 17 heteroatoms. The maximum Gasteiger partial charge on any atom is 0.333 e. The van der Waals surface area contributed by atoms with Crippen LogP contribution in [0.5, 0.6) is 0 Å². The predicted molar refractivity (Wildman–Crippen MR) is 224 cm³/mol. The summed E-state index contributed by atoms with van der Waals surface area (Å²) in [4.78, 5) is 46.9. The lowest BCUT2D eigenvalue weighted by Crippen LogP contribution is -2.40. The highest BCUT2D eigenvalue weighted by atomic mass is 16.6. The Balaban J connectivity index is 1.01. The molecule has 1 N–H and O–H groups in total. The molecule has 0 aliphatic heterocycles. The average molecular weight is 841 g/mol. The van der Waals surface area contributed by atoms with Gasteiger partial charge in [-0.15, -0.1) is 0 Å². The lowest BCUT2D eigenvalue weighted by Gasteiger charge is -2.11. The molecule has 0 spiro atoms. The van der Waals surface area contributed by atoms with E-state index in [1.807, 2.05) is 61.5 Å². The Morgan fingerprint density at radius 2 is 1.17 bits per heavy atom. The number of methoxy groups -OCH3 is 1. The van der Waals surface area contributed by atoms with E-state index >= 15 is 0 Å². The minimum absolute atomic E-state index is 0.0902. The molecule has 0 aliphatic carbocycles. The Morgan fingerprint density at radius 1 is 0.650 bits per heavy atom. The summed E-state index contributed by atoms with van der Waals surface area (Å²) in [7, 11) is 1.64. The minimum Gasteiger partial charge on any atom is -0.460 e. The van der Waals surface area contributed by atoms with Crippen LogP contribution in [0.2, 0.25) is 0 Å². The van der Waals surface area contributed by atoms with E-state index in [0.29, 0.717) is 136 Å². The van der Waals surface area contributed by atoms with Crippen molar-refractivity contribution in [1.29, 1.82) is 0 Å². The average Bonchev–Trinajstić information content (AvgIpc) is 3.72. The molecule has 17 nitrogen and oxygen atoms in total. The number of aromatic amines is 1. The van der Waals surface area contributed by atoms with Crippen molar-refractivity contribution in [3.8, 4) is 11.4 Å². The number of hydrogen-bond donors (Lipinski definition) is 1. The summed E-state index contributed by atoms with van der Waals surface area (Å²) in [6.45, 7) is 10.5. The second-order valence-corrected chi connectivity index (χ2v) is 13.1. The van der Waals surface area contributed by atoms with Crippen LogP contribution >= 0.6 is 0 Å². The summed E-state index contributed by atoms with van der Waals surface area (Å²) in [5.41, 5.74) is 2.03. The quantitative estimate of drug-likeness (QED) is 0.0411. The number of nitrogens with zero attached hydrogens (tertiary/aromatic N) is 3. The highest BCUT2D eigenvalue weighted by Crippen LogP contribution is 2.21. The van der Waals surface area contributed by atoms with Crippen LogP contribution < -0.4 is 11.2 Å². The van der Waals surface area contributed by atoms with Gasteiger partial charge in [0, 0.05) is 25.3 Å². The molecule has 2 aromatic carbocycles. The number of ether oxygens (including phenoxy) is 10. The predicted octanol–water partition coefficient (Wildman–Crippen LogP) is 3.35. The number of hydrogen-bond acceptors (Lipinski definition) is 14. The Morgan fingerprint density at radius 3 is 1.68 bits per heavy atom. The van der Waals surface area contributed by atoms with Gasteiger partial charge >= 0.3 is 11.7 Å². The number of aromatic nitrogens is 4. The van der Waals surface area contributed by atoms with Crippen molar-refractivity contribution >= 4 is 23.2 Å². The van der Waals surface area contributed by atoms with Gasteiger partial charge in [-0.05, 0) is 29.7 Å². The molecule has 330 valence electrons. The van der Waals surface area contributed by atoms with E-state index in [0.717, 1.165) is 11.1 Å². The first kappa shape index (κ1) is 48.1. The molecule has 0 aliphatic rings. The topological polar surface area (TPSA) is 182 Å². The first-order valence-electron chi connectivity index (χ1n) is 20.3. The van der Waals surface area contributed by atoms with Crippen molar-refractivity contribution < 1.29 is 52.2 Å². The molecule has 0 atom stereocenters. The third-order valence-electron chi connectivity index (χ3n) is 8.57. The van der Waals surface area contributed by atoms with Crippen LogP contribution in [-0.4, -0.2) is 151 Å². The highest BCUT2D eigenvalue weighted by molar-refractivity contribution is 5.87. The summed E-state index contributed by atoms with van der Waals surface area (Å²) in [6.07, 6.45) is 3.59. The number of fused-ring (bicyclic) bond motifs is 1. The van der Waals surface area contributed by atoms with E-state index < -0.39 is 17.2 Å². The Hall–Kier alpha value is -4.56. The number of rotatable bonds is 34. The van der Waals surface area contributed by atoms with Gasteiger partial charge in [0.25, 0.3) is 5.56 Å². The fourth-order valence-corrected chi connectivity index (χ4v) is 5.62. The van der Waals surface area contributed by atoms with Crippen molar-refractivity contribution in [3.05, 3.63) is 92.6 Å². The largest absolute Gasteiger partial charge is 0.460 e. The molecule has 60 heavy (non-hydrogen) atoms. The van der Waals surface area contributed by atoms with Crippen molar-refractivity contribution in [1.82, 2.24) is 19.1 Å². The number of esters is 1. The Kier molecular flexibility index (Phi) is 23.8. The molecule has 0 radical (unpaired) electrons. The smallest absolute Gasteiger partial charge is 0.333 e. The van der Waals surface area contributed by atoms with Gasteiger partial charge in [-0.3, -0.25) is 13.9 Å². The zero-order valence-electron chi connectivity index (χ0n) is 34.8. The second kappa shape index (κ2) is 29.6. The number of nitrogens with one attached hydrogen (secondary N) is 1. The van der Waals surface area contributed by atoms with Crippen LogP contribution in [0.3, 0.4) is 0 Å². The van der Waals surface area contributed by atoms with Gasteiger partial charge in [-0.1, -0.05) is 55.5 Å². The van der Waals surface area contributed by atoms with Crippen LogP contribution in [0.25, 0.3) is 28.6 Å². The fraction of sp³-hybridized carbons (Fsp3) is 0.535. The molecule has 4 aromatic rings. The number of carbonyl (C=O) groups excluding carboxylic acids is 1. The van der Waals surface area contributed by atoms with Crippen LogP contribution in [0.4, 0.5) is 0 Å². The van der Waals surface area contributed by atoms with Crippen molar-refractivity contribution in [3.63, 3.8) is 0 Å². The third kappa shape index (κ3) is 18.0. The zero-order valence-corrected chi connectivity index (χ0v) is 34.8. The zero-order chi connectivity index (χ0) is 42.5. The van der Waals surface area contributed by atoms with Gasteiger partial charge < -0.3 is 52.4 Å². The highest BCUT2D eigenvalue weighted by Gasteiger charge is 2.18. The summed E-state index contributed by atoms with van der Waals surface area (Å²) in [5, 5.41) is 0. The van der Waals surface area contributed by atoms with Crippen LogP contribution in [0.1, 0.15) is 24.5 Å². The normalized spacial score (nSPS) is 11.6. The molecule has 2 heterocycles. The molecular formula is C43H60N4O13. The Labute approximate surface area is 350 Å². The van der Waals surface area contributed by atoms with Gasteiger partial charge in [0.05, 0.1) is 119 Å². The van der Waals surface area contributed by atoms with Gasteiger partial charge in [0.15, 0.2) is 5.52 Å². The fourth-order valence-electron chi connectivity index (χ4n) is 5.62. The van der Waals surface area contributed by atoms with Gasteiger partial charge in [0.2, 0.25) is 0 Å². The third-order valence-corrected chi connectivity index (χ3v) is 8.57. The lowest BCUT2D eigenvalue weighted by atomic mass is 10.1. The molecule has 0 fully saturated rings. The van der Waals surface area contributed by atoms with E-state index in [9.17, 15) is 14.4 Å². The summed E-state index contributed by atoms with van der Waals surface area (Å²) < 4.78 is 56.5. The maximum atomic E-state index is 13.4. The van der Waals surface area contributed by atoms with E-state index in [-0.39, 0.29) is 25.3 Å². The monoisotopic (exact) mass is 840 g/mol. The molecule has 0 saturated carbocycles. The summed E-state index contributed by atoms with van der Waals surface area (Å²) in [5.74, 6) is -0.0842.